The lowest BCUT2D eigenvalue weighted by Gasteiger charge is -2.32. The first-order chi connectivity index (χ1) is 7.27. The van der Waals surface area contributed by atoms with Gasteiger partial charge in [0.15, 0.2) is 0 Å². The molecule has 0 aromatic rings. The van der Waals surface area contributed by atoms with E-state index in [4.69, 9.17) is 4.74 Å². The van der Waals surface area contributed by atoms with E-state index >= 15 is 0 Å². The minimum atomic E-state index is -0.182. The highest BCUT2D eigenvalue weighted by Gasteiger charge is 2.29. The third kappa shape index (κ3) is 2.69. The highest BCUT2D eigenvalue weighted by Crippen LogP contribution is 2.26. The zero-order chi connectivity index (χ0) is 10.7. The van der Waals surface area contributed by atoms with E-state index in [1.165, 1.54) is 0 Å². The van der Waals surface area contributed by atoms with Gasteiger partial charge in [0.2, 0.25) is 5.91 Å². The van der Waals surface area contributed by atoms with E-state index in [0.29, 0.717) is 13.2 Å². The van der Waals surface area contributed by atoms with E-state index in [1.54, 1.807) is 0 Å². The molecule has 1 heterocycles. The molecule has 1 aliphatic heterocycles. The summed E-state index contributed by atoms with van der Waals surface area (Å²) < 4.78 is 5.22. The quantitative estimate of drug-likeness (QED) is 0.685. The van der Waals surface area contributed by atoms with Crippen LogP contribution in [0, 0.1) is 5.92 Å². The fourth-order valence-corrected chi connectivity index (χ4v) is 2.36. The van der Waals surface area contributed by atoms with Crippen molar-refractivity contribution in [2.24, 2.45) is 5.92 Å². The number of morpholine rings is 1. The third-order valence-electron chi connectivity index (χ3n) is 3.37. The number of aliphatic hydroxyl groups is 1. The lowest BCUT2D eigenvalue weighted by molar-refractivity contribution is -0.141. The van der Waals surface area contributed by atoms with Gasteiger partial charge in [-0.25, -0.2) is 0 Å². The summed E-state index contributed by atoms with van der Waals surface area (Å²) in [4.78, 5) is 14.0. The SMILES string of the molecule is O=C(C1CCC(O)CC1)N1CCOCC1. The maximum atomic E-state index is 12.0. The van der Waals surface area contributed by atoms with Crippen LogP contribution in [0.15, 0.2) is 0 Å². The Morgan fingerprint density at radius 3 is 2.33 bits per heavy atom. The van der Waals surface area contributed by atoms with Gasteiger partial charge < -0.3 is 14.7 Å². The van der Waals surface area contributed by atoms with Gasteiger partial charge in [0.25, 0.3) is 0 Å². The molecule has 4 heteroatoms. The van der Waals surface area contributed by atoms with Crippen molar-refractivity contribution in [3.63, 3.8) is 0 Å². The predicted octanol–water partition coefficient (Wildman–Crippen LogP) is 0.396. The Balaban J connectivity index is 1.84. The van der Waals surface area contributed by atoms with Crippen LogP contribution < -0.4 is 0 Å². The average Bonchev–Trinajstić information content (AvgIpc) is 2.30. The molecule has 0 aromatic carbocycles. The van der Waals surface area contributed by atoms with Gasteiger partial charge in [-0.1, -0.05) is 0 Å². The van der Waals surface area contributed by atoms with Crippen molar-refractivity contribution in [2.75, 3.05) is 26.3 Å². The van der Waals surface area contributed by atoms with E-state index in [1.807, 2.05) is 4.90 Å². The van der Waals surface area contributed by atoms with Crippen molar-refractivity contribution in [3.8, 4) is 0 Å². The van der Waals surface area contributed by atoms with Crippen LogP contribution in [0.25, 0.3) is 0 Å². The molecule has 0 radical (unpaired) electrons. The monoisotopic (exact) mass is 213 g/mol. The number of aliphatic hydroxyl groups excluding tert-OH is 1. The lowest BCUT2D eigenvalue weighted by atomic mass is 9.86. The highest BCUT2D eigenvalue weighted by molar-refractivity contribution is 5.79. The first kappa shape index (κ1) is 10.9. The Hall–Kier alpha value is -0.610. The summed E-state index contributed by atoms with van der Waals surface area (Å²) in [5.74, 6) is 0.414. The molecule has 0 atom stereocenters. The number of rotatable bonds is 1. The standard InChI is InChI=1S/C11H19NO3/c13-10-3-1-9(2-4-10)11(14)12-5-7-15-8-6-12/h9-10,13H,1-8H2. The fourth-order valence-electron chi connectivity index (χ4n) is 2.36. The van der Waals surface area contributed by atoms with Crippen molar-refractivity contribution in [1.29, 1.82) is 0 Å². The van der Waals surface area contributed by atoms with Crippen molar-refractivity contribution in [1.82, 2.24) is 4.90 Å². The first-order valence-corrected chi connectivity index (χ1v) is 5.82. The van der Waals surface area contributed by atoms with Gasteiger partial charge in [-0.15, -0.1) is 0 Å². The molecule has 2 rings (SSSR count). The summed E-state index contributed by atoms with van der Waals surface area (Å²) in [5, 5.41) is 9.37. The maximum Gasteiger partial charge on any atom is 0.225 e. The summed E-state index contributed by atoms with van der Waals surface area (Å²) in [5.41, 5.74) is 0. The van der Waals surface area contributed by atoms with Crippen molar-refractivity contribution < 1.29 is 14.6 Å². The molecule has 1 saturated heterocycles. The van der Waals surface area contributed by atoms with E-state index in [2.05, 4.69) is 0 Å². The van der Waals surface area contributed by atoms with Crippen LogP contribution in [0.2, 0.25) is 0 Å². The number of carbonyl (C=O) groups excluding carboxylic acids is 1. The van der Waals surface area contributed by atoms with Crippen molar-refractivity contribution in [2.45, 2.75) is 31.8 Å². The lowest BCUT2D eigenvalue weighted by Crippen LogP contribution is -2.44. The topological polar surface area (TPSA) is 49.8 Å². The summed E-state index contributed by atoms with van der Waals surface area (Å²) in [6.45, 7) is 2.80. The van der Waals surface area contributed by atoms with E-state index in [0.717, 1.165) is 38.8 Å². The number of amides is 1. The molecule has 0 unspecified atom stereocenters. The van der Waals surface area contributed by atoms with Crippen LogP contribution in [-0.2, 0) is 9.53 Å². The highest BCUT2D eigenvalue weighted by atomic mass is 16.5. The second-order valence-corrected chi connectivity index (χ2v) is 4.44. The normalized spacial score (nSPS) is 32.7. The molecule has 0 bridgehead atoms. The Labute approximate surface area is 90.2 Å². The van der Waals surface area contributed by atoms with Gasteiger partial charge in [-0.3, -0.25) is 4.79 Å². The number of ether oxygens (including phenoxy) is 1. The zero-order valence-electron chi connectivity index (χ0n) is 9.02. The molecule has 0 spiro atoms. The Bertz CT molecular complexity index is 218. The minimum Gasteiger partial charge on any atom is -0.393 e. The van der Waals surface area contributed by atoms with Crippen LogP contribution in [-0.4, -0.2) is 48.3 Å². The molecular weight excluding hydrogens is 194 g/mol. The summed E-state index contributed by atoms with van der Waals surface area (Å²) >= 11 is 0. The molecule has 0 aromatic heterocycles. The molecule has 4 nitrogen and oxygen atoms in total. The molecule has 1 saturated carbocycles. The molecule has 15 heavy (non-hydrogen) atoms. The van der Waals surface area contributed by atoms with Gasteiger partial charge in [-0.05, 0) is 25.7 Å². The predicted molar refractivity (Wildman–Crippen MR) is 55.4 cm³/mol. The van der Waals surface area contributed by atoms with Crippen molar-refractivity contribution >= 4 is 5.91 Å². The van der Waals surface area contributed by atoms with Gasteiger partial charge >= 0.3 is 0 Å². The van der Waals surface area contributed by atoms with Crippen molar-refractivity contribution in [3.05, 3.63) is 0 Å². The second kappa shape index (κ2) is 4.94. The fraction of sp³-hybridized carbons (Fsp3) is 0.909. The van der Waals surface area contributed by atoms with E-state index in [-0.39, 0.29) is 17.9 Å². The zero-order valence-corrected chi connectivity index (χ0v) is 9.02. The summed E-state index contributed by atoms with van der Waals surface area (Å²) in [7, 11) is 0. The third-order valence-corrected chi connectivity index (χ3v) is 3.37. The maximum absolute atomic E-state index is 12.0. The van der Waals surface area contributed by atoms with Crippen LogP contribution >= 0.6 is 0 Å². The van der Waals surface area contributed by atoms with Crippen LogP contribution in [0.5, 0.6) is 0 Å². The van der Waals surface area contributed by atoms with E-state index < -0.39 is 0 Å². The number of carbonyl (C=O) groups is 1. The number of hydrogen-bond donors (Lipinski definition) is 1. The Morgan fingerprint density at radius 1 is 1.13 bits per heavy atom. The van der Waals surface area contributed by atoms with Gasteiger partial charge in [-0.2, -0.15) is 0 Å². The molecular formula is C11H19NO3. The van der Waals surface area contributed by atoms with Crippen LogP contribution in [0.3, 0.4) is 0 Å². The molecule has 2 fully saturated rings. The smallest absolute Gasteiger partial charge is 0.225 e. The van der Waals surface area contributed by atoms with Gasteiger partial charge in [0, 0.05) is 19.0 Å². The molecule has 1 N–H and O–H groups in total. The van der Waals surface area contributed by atoms with E-state index in [9.17, 15) is 9.90 Å². The number of hydrogen-bond acceptors (Lipinski definition) is 3. The molecule has 1 aliphatic carbocycles. The average molecular weight is 213 g/mol. The largest absolute Gasteiger partial charge is 0.393 e. The Morgan fingerprint density at radius 2 is 1.73 bits per heavy atom. The number of nitrogens with zero attached hydrogens (tertiary/aromatic N) is 1. The van der Waals surface area contributed by atoms with Crippen LogP contribution in [0.1, 0.15) is 25.7 Å². The first-order valence-electron chi connectivity index (χ1n) is 5.82. The summed E-state index contributed by atoms with van der Waals surface area (Å²) in [6, 6.07) is 0. The Kier molecular flexibility index (Phi) is 3.59. The molecule has 2 aliphatic rings. The second-order valence-electron chi connectivity index (χ2n) is 4.44. The minimum absolute atomic E-state index is 0.145. The van der Waals surface area contributed by atoms with Gasteiger partial charge in [0.1, 0.15) is 0 Å². The molecule has 86 valence electrons. The van der Waals surface area contributed by atoms with Crippen LogP contribution in [0.4, 0.5) is 0 Å². The summed E-state index contributed by atoms with van der Waals surface area (Å²) in [6.07, 6.45) is 3.06. The molecule has 1 amide bonds. The van der Waals surface area contributed by atoms with Gasteiger partial charge in [0.05, 0.1) is 19.3 Å².